The molecule has 1 saturated carbocycles. The zero-order valence-corrected chi connectivity index (χ0v) is 21.3. The standard InChI is InChI=1S/C27H34N6O3/c1-5-33-22(14-15-29-33)26(35)31-25(19-8-6-17(2)7-9-19)27(36)30-23-12-10-20(16-28-23)21-11-13-24(34)32(4)18(21)3/h10-17,19,25H,5-9H2,1-4H3,(H,31,35)(H,28,30,36)/t17?,19?,25-/m0/s1. The fourth-order valence-electron chi connectivity index (χ4n) is 4.88. The minimum Gasteiger partial charge on any atom is -0.339 e. The molecule has 1 aliphatic carbocycles. The molecular weight excluding hydrogens is 456 g/mol. The number of hydrogen-bond acceptors (Lipinski definition) is 5. The third-order valence-corrected chi connectivity index (χ3v) is 7.29. The van der Waals surface area contributed by atoms with Crippen LogP contribution in [-0.2, 0) is 18.4 Å². The molecule has 1 fully saturated rings. The molecule has 1 aliphatic rings. The van der Waals surface area contributed by atoms with Gasteiger partial charge < -0.3 is 15.2 Å². The zero-order chi connectivity index (χ0) is 25.8. The number of pyridine rings is 2. The molecule has 190 valence electrons. The van der Waals surface area contributed by atoms with Gasteiger partial charge in [-0.1, -0.05) is 19.8 Å². The average molecular weight is 491 g/mol. The molecule has 1 atom stereocenters. The third-order valence-electron chi connectivity index (χ3n) is 7.29. The van der Waals surface area contributed by atoms with Crippen molar-refractivity contribution < 1.29 is 9.59 Å². The van der Waals surface area contributed by atoms with Gasteiger partial charge in [0, 0.05) is 48.9 Å². The highest BCUT2D eigenvalue weighted by Crippen LogP contribution is 2.31. The first-order chi connectivity index (χ1) is 17.3. The highest BCUT2D eigenvalue weighted by molar-refractivity contribution is 6.00. The fourth-order valence-corrected chi connectivity index (χ4v) is 4.88. The first-order valence-electron chi connectivity index (χ1n) is 12.5. The van der Waals surface area contributed by atoms with Crippen LogP contribution >= 0.6 is 0 Å². The van der Waals surface area contributed by atoms with Crippen LogP contribution in [-0.4, -0.2) is 37.2 Å². The fraction of sp³-hybridized carbons (Fsp3) is 0.444. The Kier molecular flexibility index (Phi) is 7.67. The van der Waals surface area contributed by atoms with Crippen LogP contribution < -0.4 is 16.2 Å². The Morgan fingerprint density at radius 2 is 1.86 bits per heavy atom. The van der Waals surface area contributed by atoms with Crippen LogP contribution in [0.2, 0.25) is 0 Å². The average Bonchev–Trinajstić information content (AvgIpc) is 3.36. The van der Waals surface area contributed by atoms with E-state index in [4.69, 9.17) is 0 Å². The number of nitrogens with zero attached hydrogens (tertiary/aromatic N) is 4. The first-order valence-corrected chi connectivity index (χ1v) is 12.5. The van der Waals surface area contributed by atoms with Gasteiger partial charge in [-0.2, -0.15) is 5.10 Å². The normalized spacial score (nSPS) is 18.4. The largest absolute Gasteiger partial charge is 0.339 e. The van der Waals surface area contributed by atoms with Gasteiger partial charge in [0.2, 0.25) is 11.5 Å². The van der Waals surface area contributed by atoms with E-state index in [0.717, 1.165) is 42.5 Å². The van der Waals surface area contributed by atoms with Crippen molar-refractivity contribution in [2.24, 2.45) is 18.9 Å². The Hall–Kier alpha value is -3.75. The molecule has 0 radical (unpaired) electrons. The summed E-state index contributed by atoms with van der Waals surface area (Å²) in [5.41, 5.74) is 2.95. The van der Waals surface area contributed by atoms with E-state index in [1.54, 1.807) is 46.9 Å². The molecule has 0 aliphatic heterocycles. The van der Waals surface area contributed by atoms with E-state index in [2.05, 4.69) is 27.6 Å². The summed E-state index contributed by atoms with van der Waals surface area (Å²) in [5.74, 6) is 0.506. The molecule has 0 bridgehead atoms. The van der Waals surface area contributed by atoms with E-state index in [1.165, 1.54) is 6.07 Å². The minimum absolute atomic E-state index is 0.0516. The van der Waals surface area contributed by atoms with E-state index < -0.39 is 6.04 Å². The summed E-state index contributed by atoms with van der Waals surface area (Å²) in [4.78, 5) is 42.8. The molecule has 2 N–H and O–H groups in total. The Morgan fingerprint density at radius 1 is 1.11 bits per heavy atom. The third kappa shape index (κ3) is 5.40. The molecule has 0 aromatic carbocycles. The minimum atomic E-state index is -0.669. The van der Waals surface area contributed by atoms with Gasteiger partial charge in [0.25, 0.3) is 5.91 Å². The zero-order valence-electron chi connectivity index (χ0n) is 21.3. The second-order valence-electron chi connectivity index (χ2n) is 9.65. The van der Waals surface area contributed by atoms with E-state index in [9.17, 15) is 14.4 Å². The molecule has 3 heterocycles. The van der Waals surface area contributed by atoms with Crippen molar-refractivity contribution in [3.05, 3.63) is 64.5 Å². The number of aryl methyl sites for hydroxylation is 1. The first kappa shape index (κ1) is 25.3. The van der Waals surface area contributed by atoms with Gasteiger partial charge >= 0.3 is 0 Å². The lowest BCUT2D eigenvalue weighted by molar-refractivity contribution is -0.119. The van der Waals surface area contributed by atoms with Crippen molar-refractivity contribution in [1.82, 2.24) is 24.6 Å². The summed E-state index contributed by atoms with van der Waals surface area (Å²) < 4.78 is 3.21. The molecule has 4 rings (SSSR count). The lowest BCUT2D eigenvalue weighted by Gasteiger charge is -2.32. The Labute approximate surface area is 210 Å². The van der Waals surface area contributed by atoms with Gasteiger partial charge in [0.15, 0.2) is 0 Å². The van der Waals surface area contributed by atoms with Crippen molar-refractivity contribution in [3.63, 3.8) is 0 Å². The smallest absolute Gasteiger partial charge is 0.270 e. The molecule has 2 amide bonds. The predicted octanol–water partition coefficient (Wildman–Crippen LogP) is 3.54. The summed E-state index contributed by atoms with van der Waals surface area (Å²) >= 11 is 0. The number of aromatic nitrogens is 4. The van der Waals surface area contributed by atoms with Crippen LogP contribution in [0.4, 0.5) is 5.82 Å². The van der Waals surface area contributed by atoms with Gasteiger partial charge in [-0.15, -0.1) is 0 Å². The molecule has 3 aromatic heterocycles. The van der Waals surface area contributed by atoms with Crippen LogP contribution in [0.1, 0.15) is 55.7 Å². The number of hydrogen-bond donors (Lipinski definition) is 2. The maximum Gasteiger partial charge on any atom is 0.270 e. The van der Waals surface area contributed by atoms with Crippen molar-refractivity contribution >= 4 is 17.6 Å². The molecule has 0 saturated heterocycles. The molecule has 9 nitrogen and oxygen atoms in total. The van der Waals surface area contributed by atoms with E-state index >= 15 is 0 Å². The Morgan fingerprint density at radius 3 is 2.53 bits per heavy atom. The monoisotopic (exact) mass is 490 g/mol. The van der Waals surface area contributed by atoms with Crippen LogP contribution in [0.15, 0.2) is 47.5 Å². The lowest BCUT2D eigenvalue weighted by atomic mass is 9.79. The second-order valence-corrected chi connectivity index (χ2v) is 9.65. The summed E-state index contributed by atoms with van der Waals surface area (Å²) in [5, 5.41) is 10.1. The number of anilines is 1. The van der Waals surface area contributed by atoms with Crippen molar-refractivity contribution in [3.8, 4) is 11.1 Å². The maximum atomic E-state index is 13.4. The van der Waals surface area contributed by atoms with Crippen LogP contribution in [0.5, 0.6) is 0 Å². The van der Waals surface area contributed by atoms with E-state index in [-0.39, 0.29) is 23.3 Å². The van der Waals surface area contributed by atoms with Crippen molar-refractivity contribution in [2.75, 3.05) is 5.32 Å². The topological polar surface area (TPSA) is 111 Å². The van der Waals surface area contributed by atoms with Gasteiger partial charge in [0.05, 0.1) is 0 Å². The number of carbonyl (C=O) groups excluding carboxylic acids is 2. The van der Waals surface area contributed by atoms with Crippen LogP contribution in [0.25, 0.3) is 11.1 Å². The van der Waals surface area contributed by atoms with Crippen molar-refractivity contribution in [2.45, 2.75) is 59.0 Å². The van der Waals surface area contributed by atoms with E-state index in [0.29, 0.717) is 24.0 Å². The van der Waals surface area contributed by atoms with Gasteiger partial charge in [-0.05, 0) is 62.8 Å². The summed E-state index contributed by atoms with van der Waals surface area (Å²) in [6.45, 7) is 6.60. The molecule has 0 unspecified atom stereocenters. The predicted molar refractivity (Wildman–Crippen MR) is 139 cm³/mol. The molecule has 0 spiro atoms. The lowest BCUT2D eigenvalue weighted by Crippen LogP contribution is -2.49. The number of rotatable bonds is 7. The van der Waals surface area contributed by atoms with Crippen molar-refractivity contribution in [1.29, 1.82) is 0 Å². The number of nitrogens with one attached hydrogen (secondary N) is 2. The number of carbonyl (C=O) groups is 2. The maximum absolute atomic E-state index is 13.4. The second kappa shape index (κ2) is 10.9. The quantitative estimate of drug-likeness (QED) is 0.526. The Bertz CT molecular complexity index is 1290. The van der Waals surface area contributed by atoms with Gasteiger partial charge in [-0.25, -0.2) is 4.98 Å². The molecular formula is C27H34N6O3. The van der Waals surface area contributed by atoms with Crippen LogP contribution in [0.3, 0.4) is 0 Å². The highest BCUT2D eigenvalue weighted by atomic mass is 16.2. The molecule has 9 heteroatoms. The molecule has 3 aromatic rings. The Balaban J connectivity index is 1.52. The molecule has 36 heavy (non-hydrogen) atoms. The summed E-state index contributed by atoms with van der Waals surface area (Å²) in [6.07, 6.45) is 7.09. The summed E-state index contributed by atoms with van der Waals surface area (Å²) in [7, 11) is 1.73. The van der Waals surface area contributed by atoms with Crippen LogP contribution in [0, 0.1) is 18.8 Å². The number of amides is 2. The van der Waals surface area contributed by atoms with Gasteiger partial charge in [0.1, 0.15) is 17.6 Å². The SMILES string of the molecule is CCn1nccc1C(=O)N[C@H](C(=O)Nc1ccc(-c2ccc(=O)n(C)c2C)cn1)C1CCC(C)CC1. The van der Waals surface area contributed by atoms with E-state index in [1.807, 2.05) is 19.9 Å². The van der Waals surface area contributed by atoms with Gasteiger partial charge in [-0.3, -0.25) is 19.1 Å². The highest BCUT2D eigenvalue weighted by Gasteiger charge is 2.33. The summed E-state index contributed by atoms with van der Waals surface area (Å²) in [6, 6.07) is 7.91.